The fraction of sp³-hybridized carbons (Fsp3) is 0.714. The molecular formula is C7H14ClN3O2. The number of amides is 2. The van der Waals surface area contributed by atoms with E-state index in [1.165, 1.54) is 0 Å². The maximum absolute atomic E-state index is 11.2. The van der Waals surface area contributed by atoms with E-state index in [1.807, 2.05) is 0 Å². The minimum Gasteiger partial charge on any atom is -0.369 e. The van der Waals surface area contributed by atoms with E-state index < -0.39 is 5.91 Å². The summed E-state index contributed by atoms with van der Waals surface area (Å²) < 4.78 is 0. The fourth-order valence-electron chi connectivity index (χ4n) is 1.18. The Morgan fingerprint density at radius 2 is 1.85 bits per heavy atom. The lowest BCUT2D eigenvalue weighted by molar-refractivity contribution is -0.135. The second-order valence-electron chi connectivity index (χ2n) is 2.77. The van der Waals surface area contributed by atoms with E-state index in [0.29, 0.717) is 13.1 Å². The van der Waals surface area contributed by atoms with E-state index in [2.05, 4.69) is 5.32 Å². The minimum atomic E-state index is -0.557. The molecule has 3 N–H and O–H groups in total. The van der Waals surface area contributed by atoms with Gasteiger partial charge in [-0.3, -0.25) is 9.59 Å². The third-order valence-electron chi connectivity index (χ3n) is 1.80. The number of piperazine rings is 1. The normalized spacial score (nSPS) is 16.2. The average molecular weight is 208 g/mol. The summed E-state index contributed by atoms with van der Waals surface area (Å²) in [6.07, 6.45) is -0.167. The monoisotopic (exact) mass is 207 g/mol. The predicted octanol–water partition coefficient (Wildman–Crippen LogP) is -1.28. The van der Waals surface area contributed by atoms with E-state index >= 15 is 0 Å². The van der Waals surface area contributed by atoms with Gasteiger partial charge in [0.2, 0.25) is 11.8 Å². The first-order valence-corrected chi connectivity index (χ1v) is 3.97. The standard InChI is InChI=1S/C7H13N3O2.ClH/c8-6(11)5-7(12)10-3-1-9-2-4-10;/h9H,1-5H2,(H2,8,11);1H. The highest BCUT2D eigenvalue weighted by Crippen LogP contribution is 1.95. The number of primary amides is 1. The fourth-order valence-corrected chi connectivity index (χ4v) is 1.18. The summed E-state index contributed by atoms with van der Waals surface area (Å²) in [4.78, 5) is 23.3. The molecule has 0 spiro atoms. The summed E-state index contributed by atoms with van der Waals surface area (Å²) in [5.74, 6) is -0.720. The molecule has 1 aliphatic heterocycles. The highest BCUT2D eigenvalue weighted by atomic mass is 35.5. The largest absolute Gasteiger partial charge is 0.369 e. The molecular weight excluding hydrogens is 194 g/mol. The van der Waals surface area contributed by atoms with Crippen LogP contribution in [0.2, 0.25) is 0 Å². The first kappa shape index (κ1) is 12.2. The maximum atomic E-state index is 11.2. The first-order valence-electron chi connectivity index (χ1n) is 3.97. The number of nitrogens with zero attached hydrogens (tertiary/aromatic N) is 1. The molecule has 76 valence electrons. The molecule has 1 fully saturated rings. The van der Waals surface area contributed by atoms with Crippen molar-refractivity contribution in [2.24, 2.45) is 5.73 Å². The molecule has 1 saturated heterocycles. The van der Waals surface area contributed by atoms with E-state index in [1.54, 1.807) is 4.90 Å². The van der Waals surface area contributed by atoms with Gasteiger partial charge in [0.1, 0.15) is 6.42 Å². The predicted molar refractivity (Wildman–Crippen MR) is 50.5 cm³/mol. The van der Waals surface area contributed by atoms with Crippen molar-refractivity contribution < 1.29 is 9.59 Å². The number of carbonyl (C=O) groups is 2. The van der Waals surface area contributed by atoms with E-state index in [0.717, 1.165) is 13.1 Å². The molecule has 13 heavy (non-hydrogen) atoms. The highest BCUT2D eigenvalue weighted by Gasteiger charge is 2.17. The van der Waals surface area contributed by atoms with Crippen molar-refractivity contribution in [1.82, 2.24) is 10.2 Å². The number of hydrogen-bond acceptors (Lipinski definition) is 3. The summed E-state index contributed by atoms with van der Waals surface area (Å²) >= 11 is 0. The zero-order valence-corrected chi connectivity index (χ0v) is 8.10. The molecule has 0 aromatic rings. The van der Waals surface area contributed by atoms with Gasteiger partial charge in [-0.25, -0.2) is 0 Å². The van der Waals surface area contributed by atoms with Crippen molar-refractivity contribution in [1.29, 1.82) is 0 Å². The van der Waals surface area contributed by atoms with Gasteiger partial charge in [-0.1, -0.05) is 0 Å². The maximum Gasteiger partial charge on any atom is 0.232 e. The molecule has 0 aromatic heterocycles. The number of rotatable bonds is 2. The number of hydrogen-bond donors (Lipinski definition) is 2. The van der Waals surface area contributed by atoms with Crippen molar-refractivity contribution in [3.05, 3.63) is 0 Å². The summed E-state index contributed by atoms with van der Waals surface area (Å²) in [6, 6.07) is 0. The van der Waals surface area contributed by atoms with Crippen LogP contribution in [0.1, 0.15) is 6.42 Å². The minimum absolute atomic E-state index is 0. The Hall–Kier alpha value is -0.810. The first-order chi connectivity index (χ1) is 5.70. The quantitative estimate of drug-likeness (QED) is 0.554. The Labute approximate surface area is 83.0 Å². The van der Waals surface area contributed by atoms with Crippen LogP contribution in [0, 0.1) is 0 Å². The third kappa shape index (κ3) is 4.10. The van der Waals surface area contributed by atoms with Crippen LogP contribution >= 0.6 is 12.4 Å². The van der Waals surface area contributed by atoms with Gasteiger partial charge in [0, 0.05) is 26.2 Å². The van der Waals surface area contributed by atoms with Gasteiger partial charge < -0.3 is 16.0 Å². The molecule has 0 bridgehead atoms. The Morgan fingerprint density at radius 1 is 1.31 bits per heavy atom. The van der Waals surface area contributed by atoms with Gasteiger partial charge in [-0.05, 0) is 0 Å². The third-order valence-corrected chi connectivity index (χ3v) is 1.80. The summed E-state index contributed by atoms with van der Waals surface area (Å²) in [7, 11) is 0. The molecule has 0 unspecified atom stereocenters. The van der Waals surface area contributed by atoms with Gasteiger partial charge in [-0.15, -0.1) is 12.4 Å². The van der Waals surface area contributed by atoms with Gasteiger partial charge >= 0.3 is 0 Å². The lowest BCUT2D eigenvalue weighted by atomic mass is 10.3. The van der Waals surface area contributed by atoms with E-state index in [4.69, 9.17) is 5.73 Å². The van der Waals surface area contributed by atoms with Gasteiger partial charge in [-0.2, -0.15) is 0 Å². The van der Waals surface area contributed by atoms with Crippen LogP contribution in [-0.2, 0) is 9.59 Å². The molecule has 1 aliphatic rings. The Balaban J connectivity index is 0.00000144. The molecule has 1 heterocycles. The van der Waals surface area contributed by atoms with Crippen LogP contribution in [-0.4, -0.2) is 42.9 Å². The molecule has 0 radical (unpaired) electrons. The lowest BCUT2D eigenvalue weighted by Gasteiger charge is -2.26. The second-order valence-corrected chi connectivity index (χ2v) is 2.77. The van der Waals surface area contributed by atoms with Crippen LogP contribution < -0.4 is 11.1 Å². The Kier molecular flexibility index (Phi) is 5.41. The topological polar surface area (TPSA) is 75.4 Å². The number of nitrogens with two attached hydrogens (primary N) is 1. The Morgan fingerprint density at radius 3 is 2.31 bits per heavy atom. The Bertz CT molecular complexity index is 192. The van der Waals surface area contributed by atoms with E-state index in [9.17, 15) is 9.59 Å². The second kappa shape index (κ2) is 5.77. The molecule has 5 nitrogen and oxygen atoms in total. The van der Waals surface area contributed by atoms with Crippen LogP contribution in [0.15, 0.2) is 0 Å². The van der Waals surface area contributed by atoms with Crippen LogP contribution in [0.25, 0.3) is 0 Å². The molecule has 0 atom stereocenters. The van der Waals surface area contributed by atoms with Crippen molar-refractivity contribution >= 4 is 24.2 Å². The van der Waals surface area contributed by atoms with Crippen molar-refractivity contribution in [3.8, 4) is 0 Å². The van der Waals surface area contributed by atoms with Crippen molar-refractivity contribution in [2.45, 2.75) is 6.42 Å². The number of halogens is 1. The zero-order chi connectivity index (χ0) is 8.97. The van der Waals surface area contributed by atoms with Crippen LogP contribution in [0.4, 0.5) is 0 Å². The molecule has 6 heteroatoms. The lowest BCUT2D eigenvalue weighted by Crippen LogP contribution is -2.47. The molecule has 0 aromatic carbocycles. The summed E-state index contributed by atoms with van der Waals surface area (Å²) in [5, 5.41) is 3.11. The van der Waals surface area contributed by atoms with Crippen LogP contribution in [0.3, 0.4) is 0 Å². The van der Waals surface area contributed by atoms with Gasteiger partial charge in [0.05, 0.1) is 0 Å². The SMILES string of the molecule is Cl.NC(=O)CC(=O)N1CCNCC1. The number of carbonyl (C=O) groups excluding carboxylic acids is 2. The smallest absolute Gasteiger partial charge is 0.232 e. The average Bonchev–Trinajstić information content (AvgIpc) is 2.05. The molecule has 0 saturated carbocycles. The highest BCUT2D eigenvalue weighted by molar-refractivity contribution is 5.96. The summed E-state index contributed by atoms with van der Waals surface area (Å²) in [6.45, 7) is 2.94. The zero-order valence-electron chi connectivity index (χ0n) is 7.28. The molecule has 0 aliphatic carbocycles. The van der Waals surface area contributed by atoms with Gasteiger partial charge in [0.15, 0.2) is 0 Å². The van der Waals surface area contributed by atoms with Crippen molar-refractivity contribution in [3.63, 3.8) is 0 Å². The molecule has 2 amide bonds. The summed E-state index contributed by atoms with van der Waals surface area (Å²) in [5.41, 5.74) is 4.90. The van der Waals surface area contributed by atoms with Gasteiger partial charge in [0.25, 0.3) is 0 Å². The van der Waals surface area contributed by atoms with E-state index in [-0.39, 0.29) is 24.7 Å². The molecule has 1 rings (SSSR count). The van der Waals surface area contributed by atoms with Crippen LogP contribution in [0.5, 0.6) is 0 Å². The van der Waals surface area contributed by atoms with Crippen molar-refractivity contribution in [2.75, 3.05) is 26.2 Å². The number of nitrogens with one attached hydrogen (secondary N) is 1.